The summed E-state index contributed by atoms with van der Waals surface area (Å²) in [6, 6.07) is 7.52. The van der Waals surface area contributed by atoms with Gasteiger partial charge in [0.2, 0.25) is 0 Å². The van der Waals surface area contributed by atoms with E-state index in [-0.39, 0.29) is 5.91 Å². The van der Waals surface area contributed by atoms with E-state index >= 15 is 0 Å². The molecule has 1 aromatic heterocycles. The number of carbonyl (C=O) groups excluding carboxylic acids is 1. The van der Waals surface area contributed by atoms with Gasteiger partial charge in [0, 0.05) is 43.1 Å². The monoisotopic (exact) mass is 374 g/mol. The second-order valence-electron chi connectivity index (χ2n) is 6.26. The lowest BCUT2D eigenvalue weighted by Crippen LogP contribution is -2.41. The van der Waals surface area contributed by atoms with Gasteiger partial charge in [0.15, 0.2) is 0 Å². The molecule has 1 aliphatic rings. The van der Waals surface area contributed by atoms with E-state index in [1.54, 1.807) is 18.5 Å². The molecule has 0 radical (unpaired) electrons. The molecule has 1 aliphatic heterocycles. The fourth-order valence-electron chi connectivity index (χ4n) is 2.72. The molecule has 0 bridgehead atoms. The molecule has 1 amide bonds. The molecule has 2 aromatic rings. The van der Waals surface area contributed by atoms with E-state index in [1.807, 2.05) is 25.1 Å². The van der Waals surface area contributed by atoms with Crippen molar-refractivity contribution in [1.29, 1.82) is 0 Å². The highest BCUT2D eigenvalue weighted by atomic mass is 35.5. The highest BCUT2D eigenvalue weighted by Crippen LogP contribution is 2.23. The number of hydrogen-bond donors (Lipinski definition) is 2. The Morgan fingerprint density at radius 2 is 2.04 bits per heavy atom. The van der Waals surface area contributed by atoms with Crippen LogP contribution in [0.4, 0.5) is 11.4 Å². The Balaban J connectivity index is 1.55. The zero-order valence-corrected chi connectivity index (χ0v) is 15.6. The normalized spacial score (nSPS) is 14.8. The summed E-state index contributed by atoms with van der Waals surface area (Å²) in [4.78, 5) is 18.8. The third kappa shape index (κ3) is 5.17. The van der Waals surface area contributed by atoms with Gasteiger partial charge in [-0.25, -0.2) is 0 Å². The summed E-state index contributed by atoms with van der Waals surface area (Å²) in [7, 11) is 0. The Hall–Kier alpha value is -2.15. The number of pyridine rings is 1. The van der Waals surface area contributed by atoms with E-state index in [1.165, 1.54) is 0 Å². The fraction of sp³-hybridized carbons (Fsp3) is 0.368. The summed E-state index contributed by atoms with van der Waals surface area (Å²) in [5, 5.41) is 6.86. The van der Waals surface area contributed by atoms with Crippen molar-refractivity contribution in [2.24, 2.45) is 0 Å². The first-order valence-electron chi connectivity index (χ1n) is 8.68. The average Bonchev–Trinajstić information content (AvgIpc) is 2.66. The zero-order valence-electron chi connectivity index (χ0n) is 14.8. The smallest absolute Gasteiger partial charge is 0.252 e. The maximum absolute atomic E-state index is 12.3. The van der Waals surface area contributed by atoms with Crippen molar-refractivity contribution in [1.82, 2.24) is 15.2 Å². The minimum Gasteiger partial charge on any atom is -0.379 e. The van der Waals surface area contributed by atoms with Gasteiger partial charge in [-0.15, -0.1) is 0 Å². The molecule has 2 N–H and O–H groups in total. The predicted molar refractivity (Wildman–Crippen MR) is 103 cm³/mol. The zero-order chi connectivity index (χ0) is 18.4. The van der Waals surface area contributed by atoms with Crippen LogP contribution in [0.2, 0.25) is 5.02 Å². The van der Waals surface area contributed by atoms with Crippen LogP contribution in [0.3, 0.4) is 0 Å². The van der Waals surface area contributed by atoms with Crippen molar-refractivity contribution >= 4 is 28.9 Å². The summed E-state index contributed by atoms with van der Waals surface area (Å²) in [6.07, 6.45) is 3.25. The maximum Gasteiger partial charge on any atom is 0.252 e. The van der Waals surface area contributed by atoms with E-state index in [0.717, 1.165) is 49.8 Å². The maximum atomic E-state index is 12.3. The van der Waals surface area contributed by atoms with Crippen molar-refractivity contribution in [2.75, 3.05) is 44.7 Å². The van der Waals surface area contributed by atoms with Crippen LogP contribution in [0, 0.1) is 6.92 Å². The number of benzene rings is 1. The van der Waals surface area contributed by atoms with Gasteiger partial charge in [0.1, 0.15) is 0 Å². The molecule has 1 aromatic carbocycles. The summed E-state index contributed by atoms with van der Waals surface area (Å²) >= 11 is 6.15. The Morgan fingerprint density at radius 1 is 1.23 bits per heavy atom. The number of aromatic nitrogens is 1. The summed E-state index contributed by atoms with van der Waals surface area (Å²) < 4.78 is 5.32. The lowest BCUT2D eigenvalue weighted by molar-refractivity contribution is 0.0383. The van der Waals surface area contributed by atoms with Gasteiger partial charge in [-0.1, -0.05) is 17.7 Å². The number of carbonyl (C=O) groups is 1. The third-order valence-corrected chi connectivity index (χ3v) is 4.69. The van der Waals surface area contributed by atoms with Crippen molar-refractivity contribution in [3.05, 3.63) is 52.8 Å². The van der Waals surface area contributed by atoms with E-state index in [9.17, 15) is 4.79 Å². The van der Waals surface area contributed by atoms with Gasteiger partial charge in [-0.05, 0) is 30.7 Å². The Labute approximate surface area is 158 Å². The van der Waals surface area contributed by atoms with Gasteiger partial charge >= 0.3 is 0 Å². The number of nitrogens with zero attached hydrogens (tertiary/aromatic N) is 2. The first-order chi connectivity index (χ1) is 12.6. The Kier molecular flexibility index (Phi) is 6.44. The number of amides is 1. The summed E-state index contributed by atoms with van der Waals surface area (Å²) in [5.74, 6) is -0.128. The molecule has 26 heavy (non-hydrogen) atoms. The Morgan fingerprint density at radius 3 is 2.81 bits per heavy atom. The molecular weight excluding hydrogens is 352 g/mol. The molecular formula is C19H23ClN4O2. The third-order valence-electron chi connectivity index (χ3n) is 4.28. The van der Waals surface area contributed by atoms with E-state index in [4.69, 9.17) is 16.3 Å². The van der Waals surface area contributed by atoms with Crippen LogP contribution < -0.4 is 10.6 Å². The lowest BCUT2D eigenvalue weighted by Gasteiger charge is -2.26. The van der Waals surface area contributed by atoms with E-state index in [0.29, 0.717) is 17.1 Å². The lowest BCUT2D eigenvalue weighted by atomic mass is 10.2. The second-order valence-corrected chi connectivity index (χ2v) is 6.67. The van der Waals surface area contributed by atoms with Crippen LogP contribution in [-0.2, 0) is 4.74 Å². The number of aryl methyl sites for hydroxylation is 1. The van der Waals surface area contributed by atoms with Crippen molar-refractivity contribution in [2.45, 2.75) is 6.92 Å². The van der Waals surface area contributed by atoms with Crippen LogP contribution in [0.1, 0.15) is 15.9 Å². The number of halogens is 1. The van der Waals surface area contributed by atoms with Crippen molar-refractivity contribution < 1.29 is 9.53 Å². The van der Waals surface area contributed by atoms with Crippen LogP contribution in [0.25, 0.3) is 0 Å². The molecule has 0 spiro atoms. The number of rotatable bonds is 6. The van der Waals surface area contributed by atoms with Gasteiger partial charge in [0.05, 0.1) is 30.7 Å². The number of hydrogen-bond acceptors (Lipinski definition) is 5. The minimum atomic E-state index is -0.128. The minimum absolute atomic E-state index is 0.128. The molecule has 1 saturated heterocycles. The predicted octanol–water partition coefficient (Wildman–Crippen LogP) is 2.85. The highest BCUT2D eigenvalue weighted by Gasteiger charge is 2.11. The number of morpholine rings is 1. The van der Waals surface area contributed by atoms with Crippen LogP contribution >= 0.6 is 11.6 Å². The van der Waals surface area contributed by atoms with Crippen LogP contribution in [0.15, 0.2) is 36.7 Å². The SMILES string of the molecule is Cc1ccc(Nc2cncc(C(=O)NCCN3CCOCC3)c2)cc1Cl. The highest BCUT2D eigenvalue weighted by molar-refractivity contribution is 6.31. The molecule has 1 fully saturated rings. The number of ether oxygens (including phenoxy) is 1. The van der Waals surface area contributed by atoms with E-state index in [2.05, 4.69) is 20.5 Å². The standard InChI is InChI=1S/C19H23ClN4O2/c1-14-2-3-16(11-18(14)20)23-17-10-15(12-21-13-17)19(25)22-4-5-24-6-8-26-9-7-24/h2-3,10-13,23H,4-9H2,1H3,(H,22,25). The summed E-state index contributed by atoms with van der Waals surface area (Å²) in [6.45, 7) is 6.72. The molecule has 0 atom stereocenters. The van der Waals surface area contributed by atoms with Gasteiger partial charge in [0.25, 0.3) is 5.91 Å². The quantitative estimate of drug-likeness (QED) is 0.813. The fourth-order valence-corrected chi connectivity index (χ4v) is 2.90. The largest absolute Gasteiger partial charge is 0.379 e. The Bertz CT molecular complexity index is 763. The second kappa shape index (κ2) is 8.98. The van der Waals surface area contributed by atoms with Gasteiger partial charge < -0.3 is 15.4 Å². The van der Waals surface area contributed by atoms with E-state index < -0.39 is 0 Å². The molecule has 138 valence electrons. The molecule has 2 heterocycles. The van der Waals surface area contributed by atoms with Crippen molar-refractivity contribution in [3.63, 3.8) is 0 Å². The number of nitrogens with one attached hydrogen (secondary N) is 2. The molecule has 6 nitrogen and oxygen atoms in total. The molecule has 3 rings (SSSR count). The first kappa shape index (κ1) is 18.6. The summed E-state index contributed by atoms with van der Waals surface area (Å²) in [5.41, 5.74) is 3.14. The molecule has 7 heteroatoms. The van der Waals surface area contributed by atoms with Gasteiger partial charge in [-0.2, -0.15) is 0 Å². The van der Waals surface area contributed by atoms with Crippen LogP contribution in [0.5, 0.6) is 0 Å². The topological polar surface area (TPSA) is 66.5 Å². The number of anilines is 2. The molecule has 0 unspecified atom stereocenters. The van der Waals surface area contributed by atoms with Gasteiger partial charge in [-0.3, -0.25) is 14.7 Å². The average molecular weight is 375 g/mol. The molecule has 0 aliphatic carbocycles. The molecule has 0 saturated carbocycles. The van der Waals surface area contributed by atoms with Crippen LogP contribution in [-0.4, -0.2) is 55.2 Å². The first-order valence-corrected chi connectivity index (χ1v) is 9.06. The van der Waals surface area contributed by atoms with Crippen molar-refractivity contribution in [3.8, 4) is 0 Å².